The van der Waals surface area contributed by atoms with Crippen molar-refractivity contribution in [3.05, 3.63) is 15.6 Å². The van der Waals surface area contributed by atoms with Gasteiger partial charge in [0.1, 0.15) is 11.6 Å². The number of hydrogen-bond donors (Lipinski definition) is 1. The van der Waals surface area contributed by atoms with E-state index in [1.165, 1.54) is 0 Å². The number of nitrogens with zero attached hydrogens (tertiary/aromatic N) is 1. The highest BCUT2D eigenvalue weighted by Gasteiger charge is 2.38. The van der Waals surface area contributed by atoms with Crippen molar-refractivity contribution in [3.63, 3.8) is 0 Å². The summed E-state index contributed by atoms with van der Waals surface area (Å²) >= 11 is 0.721. The number of nitrogens with one attached hydrogen (secondary N) is 1. The fraction of sp³-hybridized carbons (Fsp3) is 0.727. The summed E-state index contributed by atoms with van der Waals surface area (Å²) < 4.78 is 78.5. The average Bonchev–Trinajstić information content (AvgIpc) is 3.04. The number of ether oxygens (including phenoxy) is 1. The van der Waals surface area contributed by atoms with Crippen LogP contribution >= 0.6 is 11.3 Å². The summed E-state index contributed by atoms with van der Waals surface area (Å²) in [5.74, 6) is 0. The van der Waals surface area contributed by atoms with Crippen LogP contribution in [0.4, 0.5) is 26.3 Å². The van der Waals surface area contributed by atoms with Gasteiger partial charge >= 0.3 is 12.4 Å². The van der Waals surface area contributed by atoms with Crippen LogP contribution in [0.1, 0.15) is 28.4 Å². The van der Waals surface area contributed by atoms with Crippen molar-refractivity contribution in [2.24, 2.45) is 0 Å². The highest BCUT2D eigenvalue weighted by atomic mass is 32.1. The molecular formula is C11H12F6N2OS. The standard InChI is InChI=1S/C11H12F6N2OS/c12-10(13,14)5-20-4-8-19-9(11(15,16)17)7(21-8)3-18-6-1-2-6/h6,18H,1-5H2. The van der Waals surface area contributed by atoms with Gasteiger partial charge in [0.05, 0.1) is 11.5 Å². The summed E-state index contributed by atoms with van der Waals surface area (Å²) in [6, 6.07) is 0.220. The molecule has 10 heteroatoms. The maximum Gasteiger partial charge on any atom is 0.434 e. The van der Waals surface area contributed by atoms with Crippen molar-refractivity contribution >= 4 is 11.3 Å². The molecule has 0 unspecified atom stereocenters. The Morgan fingerprint density at radius 2 is 1.86 bits per heavy atom. The van der Waals surface area contributed by atoms with Gasteiger partial charge in [-0.1, -0.05) is 0 Å². The Balaban J connectivity index is 2.00. The summed E-state index contributed by atoms with van der Waals surface area (Å²) in [6.45, 7) is -2.09. The predicted molar refractivity (Wildman–Crippen MR) is 62.7 cm³/mol. The Kier molecular flexibility index (Phi) is 4.79. The van der Waals surface area contributed by atoms with Gasteiger partial charge in [-0.3, -0.25) is 0 Å². The monoisotopic (exact) mass is 334 g/mol. The topological polar surface area (TPSA) is 34.1 Å². The molecule has 0 atom stereocenters. The van der Waals surface area contributed by atoms with E-state index in [-0.39, 0.29) is 22.5 Å². The Hall–Kier alpha value is -0.870. The van der Waals surface area contributed by atoms with E-state index in [9.17, 15) is 26.3 Å². The van der Waals surface area contributed by atoms with E-state index < -0.39 is 31.3 Å². The molecule has 1 N–H and O–H groups in total. The summed E-state index contributed by atoms with van der Waals surface area (Å²) in [4.78, 5) is 3.33. The number of hydrogen-bond acceptors (Lipinski definition) is 4. The molecule has 0 aromatic carbocycles. The second-order valence-corrected chi connectivity index (χ2v) is 5.81. The molecule has 1 saturated carbocycles. The van der Waals surface area contributed by atoms with E-state index in [4.69, 9.17) is 0 Å². The molecule has 0 aliphatic heterocycles. The first-order valence-corrected chi connectivity index (χ1v) is 6.90. The van der Waals surface area contributed by atoms with Crippen LogP contribution in [-0.2, 0) is 24.1 Å². The van der Waals surface area contributed by atoms with Gasteiger partial charge < -0.3 is 10.1 Å². The fourth-order valence-electron chi connectivity index (χ4n) is 1.58. The van der Waals surface area contributed by atoms with Crippen molar-refractivity contribution in [1.29, 1.82) is 0 Å². The van der Waals surface area contributed by atoms with E-state index in [2.05, 4.69) is 15.0 Å². The third-order valence-electron chi connectivity index (χ3n) is 2.63. The summed E-state index contributed by atoms with van der Waals surface area (Å²) in [5.41, 5.74) is -1.05. The number of halogens is 6. The lowest BCUT2D eigenvalue weighted by atomic mass is 10.3. The van der Waals surface area contributed by atoms with Crippen LogP contribution in [0, 0.1) is 0 Å². The zero-order valence-electron chi connectivity index (χ0n) is 10.6. The highest BCUT2D eigenvalue weighted by Crippen LogP contribution is 2.35. The van der Waals surface area contributed by atoms with Crippen LogP contribution in [0.25, 0.3) is 0 Å². The van der Waals surface area contributed by atoms with E-state index in [0.717, 1.165) is 24.2 Å². The van der Waals surface area contributed by atoms with Crippen LogP contribution in [-0.4, -0.2) is 23.8 Å². The van der Waals surface area contributed by atoms with Gasteiger partial charge in [-0.15, -0.1) is 11.3 Å². The van der Waals surface area contributed by atoms with Crippen LogP contribution in [0.3, 0.4) is 0 Å². The molecule has 1 heterocycles. The third-order valence-corrected chi connectivity index (χ3v) is 3.66. The molecule has 1 aromatic rings. The molecule has 2 rings (SSSR count). The van der Waals surface area contributed by atoms with E-state index >= 15 is 0 Å². The number of aromatic nitrogens is 1. The first-order chi connectivity index (χ1) is 9.65. The molecule has 0 spiro atoms. The molecule has 0 amide bonds. The molecule has 1 aliphatic rings. The molecular weight excluding hydrogens is 322 g/mol. The van der Waals surface area contributed by atoms with Gasteiger partial charge in [0.25, 0.3) is 0 Å². The second-order valence-electron chi connectivity index (χ2n) is 4.64. The second kappa shape index (κ2) is 6.09. The molecule has 1 fully saturated rings. The Morgan fingerprint density at radius 1 is 1.19 bits per heavy atom. The highest BCUT2D eigenvalue weighted by molar-refractivity contribution is 7.11. The molecule has 0 saturated heterocycles. The van der Waals surface area contributed by atoms with Crippen LogP contribution < -0.4 is 5.32 Å². The Labute approximate surface area is 120 Å². The van der Waals surface area contributed by atoms with Gasteiger partial charge in [0, 0.05) is 12.6 Å². The SMILES string of the molecule is FC(F)(F)COCc1nc(C(F)(F)F)c(CNC2CC2)s1. The van der Waals surface area contributed by atoms with Crippen molar-refractivity contribution in [2.75, 3.05) is 6.61 Å². The van der Waals surface area contributed by atoms with Crippen molar-refractivity contribution in [3.8, 4) is 0 Å². The van der Waals surface area contributed by atoms with Crippen LogP contribution in [0.2, 0.25) is 0 Å². The normalized spacial score (nSPS) is 16.5. The maximum absolute atomic E-state index is 12.8. The van der Waals surface area contributed by atoms with Crippen molar-refractivity contribution < 1.29 is 31.1 Å². The van der Waals surface area contributed by atoms with Gasteiger partial charge in [-0.2, -0.15) is 26.3 Å². The molecule has 0 bridgehead atoms. The van der Waals surface area contributed by atoms with E-state index in [1.54, 1.807) is 0 Å². The average molecular weight is 334 g/mol. The summed E-state index contributed by atoms with van der Waals surface area (Å²) in [7, 11) is 0. The van der Waals surface area contributed by atoms with Gasteiger partial charge in [0.2, 0.25) is 0 Å². The minimum absolute atomic E-state index is 0.0104. The molecule has 1 aliphatic carbocycles. The lowest BCUT2D eigenvalue weighted by Gasteiger charge is -2.06. The summed E-state index contributed by atoms with van der Waals surface area (Å²) in [6.07, 6.45) is -7.30. The van der Waals surface area contributed by atoms with Crippen molar-refractivity contribution in [1.82, 2.24) is 10.3 Å². The largest absolute Gasteiger partial charge is 0.434 e. The van der Waals surface area contributed by atoms with Crippen molar-refractivity contribution in [2.45, 2.75) is 44.4 Å². The first-order valence-electron chi connectivity index (χ1n) is 6.09. The third kappa shape index (κ3) is 5.44. The minimum Gasteiger partial charge on any atom is -0.365 e. The molecule has 0 radical (unpaired) electrons. The zero-order chi connectivity index (χ0) is 15.7. The predicted octanol–water partition coefficient (Wildman–Crippen LogP) is 3.49. The summed E-state index contributed by atoms with van der Waals surface area (Å²) in [5, 5.41) is 2.82. The van der Waals surface area contributed by atoms with E-state index in [0.29, 0.717) is 0 Å². The zero-order valence-corrected chi connectivity index (χ0v) is 11.5. The lowest BCUT2D eigenvalue weighted by Crippen LogP contribution is -2.18. The number of thiazole rings is 1. The van der Waals surface area contributed by atoms with Gasteiger partial charge in [0.15, 0.2) is 5.69 Å². The minimum atomic E-state index is -4.63. The molecule has 3 nitrogen and oxygen atoms in total. The quantitative estimate of drug-likeness (QED) is 0.809. The van der Waals surface area contributed by atoms with Gasteiger partial charge in [-0.25, -0.2) is 4.98 Å². The van der Waals surface area contributed by atoms with E-state index in [1.807, 2.05) is 0 Å². The lowest BCUT2D eigenvalue weighted by molar-refractivity contribution is -0.176. The Morgan fingerprint density at radius 3 is 2.38 bits per heavy atom. The molecule has 120 valence electrons. The maximum atomic E-state index is 12.8. The fourth-order valence-corrected chi connectivity index (χ4v) is 2.56. The number of rotatable bonds is 6. The number of alkyl halides is 6. The van der Waals surface area contributed by atoms with Crippen LogP contribution in [0.15, 0.2) is 0 Å². The van der Waals surface area contributed by atoms with Gasteiger partial charge in [-0.05, 0) is 12.8 Å². The smallest absolute Gasteiger partial charge is 0.365 e. The molecule has 1 aromatic heterocycles. The first kappa shape index (κ1) is 16.5. The van der Waals surface area contributed by atoms with Crippen LogP contribution in [0.5, 0.6) is 0 Å². The Bertz CT molecular complexity index is 480. The molecule has 21 heavy (non-hydrogen) atoms.